The maximum atomic E-state index is 13.4. The molecule has 4 nitrogen and oxygen atoms in total. The van der Waals surface area contributed by atoms with Crippen molar-refractivity contribution >= 4 is 17.6 Å². The molecule has 1 N–H and O–H groups in total. The van der Waals surface area contributed by atoms with Crippen LogP contribution in [0.1, 0.15) is 31.2 Å². The van der Waals surface area contributed by atoms with Crippen LogP contribution in [0.15, 0.2) is 18.2 Å². The summed E-state index contributed by atoms with van der Waals surface area (Å²) in [5, 5.41) is 9.12. The van der Waals surface area contributed by atoms with Gasteiger partial charge in [0, 0.05) is 18.2 Å². The highest BCUT2D eigenvalue weighted by molar-refractivity contribution is 5.97. The molecule has 112 valence electrons. The number of carboxylic acids is 1. The van der Waals surface area contributed by atoms with E-state index in [1.807, 2.05) is 0 Å². The number of carbonyl (C=O) groups is 2. The number of anilines is 1. The number of hydrogen-bond acceptors (Lipinski definition) is 2. The summed E-state index contributed by atoms with van der Waals surface area (Å²) in [6, 6.07) is 4.53. The number of benzene rings is 1. The Labute approximate surface area is 122 Å². The van der Waals surface area contributed by atoms with Gasteiger partial charge in [0.05, 0.1) is 5.92 Å². The minimum atomic E-state index is -0.819. The van der Waals surface area contributed by atoms with Crippen LogP contribution in [0.5, 0.6) is 0 Å². The lowest BCUT2D eigenvalue weighted by Crippen LogP contribution is -2.38. The third-order valence-electron chi connectivity index (χ3n) is 4.58. The van der Waals surface area contributed by atoms with E-state index in [9.17, 15) is 14.0 Å². The number of nitrogens with zero attached hydrogens (tertiary/aromatic N) is 1. The molecule has 0 spiro atoms. The van der Waals surface area contributed by atoms with Crippen LogP contribution in [0.4, 0.5) is 10.1 Å². The molecule has 1 aromatic rings. The van der Waals surface area contributed by atoms with Crippen molar-refractivity contribution in [2.45, 2.75) is 32.1 Å². The predicted octanol–water partition coefficient (Wildman–Crippen LogP) is 2.61. The molecule has 1 amide bonds. The first-order valence-electron chi connectivity index (χ1n) is 7.39. The van der Waals surface area contributed by atoms with Crippen molar-refractivity contribution in [3.05, 3.63) is 29.6 Å². The second-order valence-electron chi connectivity index (χ2n) is 5.91. The monoisotopic (exact) mass is 291 g/mol. The molecule has 0 bridgehead atoms. The number of rotatable bonds is 2. The summed E-state index contributed by atoms with van der Waals surface area (Å²) >= 11 is 0. The number of halogens is 1. The van der Waals surface area contributed by atoms with Gasteiger partial charge in [0.2, 0.25) is 5.91 Å². The van der Waals surface area contributed by atoms with Crippen LogP contribution in [0.3, 0.4) is 0 Å². The molecule has 2 aliphatic rings. The minimum Gasteiger partial charge on any atom is -0.481 e. The Morgan fingerprint density at radius 2 is 2.00 bits per heavy atom. The lowest BCUT2D eigenvalue weighted by molar-refractivity contribution is -0.143. The van der Waals surface area contributed by atoms with Crippen molar-refractivity contribution in [1.29, 1.82) is 0 Å². The van der Waals surface area contributed by atoms with E-state index in [4.69, 9.17) is 5.11 Å². The second-order valence-corrected chi connectivity index (χ2v) is 5.91. The van der Waals surface area contributed by atoms with Gasteiger partial charge in [-0.1, -0.05) is 12.5 Å². The Kier molecular flexibility index (Phi) is 3.66. The highest BCUT2D eigenvalue weighted by Crippen LogP contribution is 2.35. The molecule has 0 saturated heterocycles. The lowest BCUT2D eigenvalue weighted by atomic mass is 9.80. The molecule has 1 heterocycles. The van der Waals surface area contributed by atoms with Gasteiger partial charge in [0.15, 0.2) is 0 Å². The van der Waals surface area contributed by atoms with Crippen molar-refractivity contribution in [3.63, 3.8) is 0 Å². The maximum absolute atomic E-state index is 13.4. The van der Waals surface area contributed by atoms with Gasteiger partial charge in [-0.25, -0.2) is 4.39 Å². The van der Waals surface area contributed by atoms with Crippen LogP contribution >= 0.6 is 0 Å². The second kappa shape index (κ2) is 5.47. The molecular formula is C16H18FNO3. The van der Waals surface area contributed by atoms with E-state index in [1.165, 1.54) is 12.1 Å². The first kappa shape index (κ1) is 14.0. The number of carboxylic acid groups (broad SMARTS) is 1. The SMILES string of the molecule is O=C(O)C1CCCC(C(=O)N2CCc3ccc(F)cc32)C1. The first-order chi connectivity index (χ1) is 10.1. The quantitative estimate of drug-likeness (QED) is 0.911. The van der Waals surface area contributed by atoms with Gasteiger partial charge in [-0.2, -0.15) is 0 Å². The number of hydrogen-bond donors (Lipinski definition) is 1. The average molecular weight is 291 g/mol. The molecule has 5 heteroatoms. The molecule has 1 saturated carbocycles. The molecule has 1 aliphatic carbocycles. The Balaban J connectivity index is 1.78. The summed E-state index contributed by atoms with van der Waals surface area (Å²) in [5.41, 5.74) is 1.63. The van der Waals surface area contributed by atoms with Crippen LogP contribution in [-0.2, 0) is 16.0 Å². The van der Waals surface area contributed by atoms with E-state index < -0.39 is 11.9 Å². The van der Waals surface area contributed by atoms with E-state index >= 15 is 0 Å². The van der Waals surface area contributed by atoms with Crippen LogP contribution in [0.25, 0.3) is 0 Å². The van der Waals surface area contributed by atoms with E-state index in [1.54, 1.807) is 11.0 Å². The number of carbonyl (C=O) groups excluding carboxylic acids is 1. The molecular weight excluding hydrogens is 273 g/mol. The molecule has 0 aromatic heterocycles. The van der Waals surface area contributed by atoms with Gasteiger partial charge in [-0.15, -0.1) is 0 Å². The van der Waals surface area contributed by atoms with E-state index in [2.05, 4.69) is 0 Å². The zero-order valence-corrected chi connectivity index (χ0v) is 11.7. The smallest absolute Gasteiger partial charge is 0.306 e. The van der Waals surface area contributed by atoms with Gasteiger partial charge in [-0.3, -0.25) is 9.59 Å². The fraction of sp³-hybridized carbons (Fsp3) is 0.500. The summed E-state index contributed by atoms with van der Waals surface area (Å²) < 4.78 is 13.4. The standard InChI is InChI=1S/C16H18FNO3/c17-13-5-4-10-6-7-18(14(10)9-13)15(19)11-2-1-3-12(8-11)16(20)21/h4-5,9,11-12H,1-3,6-8H2,(H,20,21). The summed E-state index contributed by atoms with van der Waals surface area (Å²) in [6.07, 6.45) is 3.26. The van der Waals surface area contributed by atoms with Crippen LogP contribution in [0.2, 0.25) is 0 Å². The zero-order chi connectivity index (χ0) is 15.0. The lowest BCUT2D eigenvalue weighted by Gasteiger charge is -2.29. The maximum Gasteiger partial charge on any atom is 0.306 e. The molecule has 1 fully saturated rings. The Morgan fingerprint density at radius 3 is 2.76 bits per heavy atom. The van der Waals surface area contributed by atoms with Crippen LogP contribution in [-0.4, -0.2) is 23.5 Å². The van der Waals surface area contributed by atoms with Gasteiger partial charge in [-0.05, 0) is 43.4 Å². The zero-order valence-electron chi connectivity index (χ0n) is 11.7. The number of aliphatic carboxylic acids is 1. The van der Waals surface area contributed by atoms with Crippen molar-refractivity contribution < 1.29 is 19.1 Å². The third kappa shape index (κ3) is 2.64. The fourth-order valence-corrected chi connectivity index (χ4v) is 3.44. The van der Waals surface area contributed by atoms with Crippen LogP contribution < -0.4 is 4.90 Å². The molecule has 21 heavy (non-hydrogen) atoms. The molecule has 2 unspecified atom stereocenters. The first-order valence-corrected chi connectivity index (χ1v) is 7.39. The molecule has 2 atom stereocenters. The highest BCUT2D eigenvalue weighted by Gasteiger charge is 2.35. The van der Waals surface area contributed by atoms with Gasteiger partial charge in [0.25, 0.3) is 0 Å². The average Bonchev–Trinajstić information content (AvgIpc) is 2.89. The van der Waals surface area contributed by atoms with Crippen molar-refractivity contribution in [3.8, 4) is 0 Å². The number of amides is 1. The Morgan fingerprint density at radius 1 is 1.24 bits per heavy atom. The van der Waals surface area contributed by atoms with E-state index in [0.717, 1.165) is 24.8 Å². The van der Waals surface area contributed by atoms with Crippen molar-refractivity contribution in [2.75, 3.05) is 11.4 Å². The normalized spacial score (nSPS) is 24.7. The third-order valence-corrected chi connectivity index (χ3v) is 4.58. The largest absolute Gasteiger partial charge is 0.481 e. The van der Waals surface area contributed by atoms with E-state index in [0.29, 0.717) is 25.1 Å². The van der Waals surface area contributed by atoms with Crippen molar-refractivity contribution in [2.24, 2.45) is 11.8 Å². The van der Waals surface area contributed by atoms with Crippen LogP contribution in [0, 0.1) is 17.7 Å². The van der Waals surface area contributed by atoms with Gasteiger partial charge >= 0.3 is 5.97 Å². The number of fused-ring (bicyclic) bond motifs is 1. The summed E-state index contributed by atoms with van der Waals surface area (Å²) in [6.45, 7) is 0.561. The van der Waals surface area contributed by atoms with E-state index in [-0.39, 0.29) is 17.6 Å². The van der Waals surface area contributed by atoms with Gasteiger partial charge in [0.1, 0.15) is 5.82 Å². The minimum absolute atomic E-state index is 0.0506. The summed E-state index contributed by atoms with van der Waals surface area (Å²) in [5.74, 6) is -1.90. The molecule has 3 rings (SSSR count). The molecule has 1 aromatic carbocycles. The predicted molar refractivity (Wildman–Crippen MR) is 75.5 cm³/mol. The van der Waals surface area contributed by atoms with Gasteiger partial charge < -0.3 is 10.0 Å². The summed E-state index contributed by atoms with van der Waals surface area (Å²) in [4.78, 5) is 25.4. The Hall–Kier alpha value is -1.91. The Bertz CT molecular complexity index is 587. The molecule has 1 aliphatic heterocycles. The highest BCUT2D eigenvalue weighted by atomic mass is 19.1. The fourth-order valence-electron chi connectivity index (χ4n) is 3.44. The molecule has 0 radical (unpaired) electrons. The van der Waals surface area contributed by atoms with Crippen molar-refractivity contribution in [1.82, 2.24) is 0 Å². The summed E-state index contributed by atoms with van der Waals surface area (Å²) in [7, 11) is 0. The topological polar surface area (TPSA) is 57.6 Å².